The third kappa shape index (κ3) is 24.4. The summed E-state index contributed by atoms with van der Waals surface area (Å²) >= 11 is 0. The van der Waals surface area contributed by atoms with E-state index in [1.165, 1.54) is 29.0 Å². The lowest BCUT2D eigenvalue weighted by Crippen LogP contribution is -2.40. The number of hydrogen-bond acceptors (Lipinski definition) is 25. The minimum atomic E-state index is -0.372. The van der Waals surface area contributed by atoms with Gasteiger partial charge in [-0.3, -0.25) is 52.5 Å². The molecule has 15 aromatic rings. The summed E-state index contributed by atoms with van der Waals surface area (Å²) in [5.41, 5.74) is 19.3. The molecule has 11 N–H and O–H groups in total. The number of rotatable bonds is 25. The van der Waals surface area contributed by atoms with E-state index in [0.717, 1.165) is 75.1 Å². The van der Waals surface area contributed by atoms with Gasteiger partial charge in [-0.15, -0.1) is 0 Å². The molecular formula is C99H102N28O9. The topological polar surface area (TPSA) is 455 Å². The number of H-pyrrole nitrogens is 1. The molecule has 0 spiro atoms. The van der Waals surface area contributed by atoms with Gasteiger partial charge in [0.1, 0.15) is 28.7 Å². The maximum atomic E-state index is 13.2. The number of likely N-dealkylation sites (N-methyl/N-ethyl adjacent to an activating group) is 1. The number of ether oxygens (including phenoxy) is 1. The second-order valence-corrected chi connectivity index (χ2v) is 33.0. The SMILES string of the molecule is C=CC(=O)Nc1cccc(-c2nc(Nc3ccc(C(=O)N4CCOCC4)cc3)nc3[nH]ncc23)c1.C=CC(=O)Nc1cccc(Cn2ncc3cnc(Nc4cnn(C)c4)nc32)c1.C=CC(=O)Nc1cccc(Nc2nc(NC(=O)c3cccc(C(C)(C)C)c3)cn(C)c2=O)c1.Cc1ccnc(NC(=O)c2ccc(-c3nc([C@@H]4CCCCN4C(=O)/C=C/CN(C)C)n4ccnc(N)c34)cc2)c1. The quantitative estimate of drug-likeness (QED) is 0.0238. The van der Waals surface area contributed by atoms with Gasteiger partial charge >= 0.3 is 0 Å². The van der Waals surface area contributed by atoms with Crippen LogP contribution in [0.4, 0.5) is 69.3 Å². The number of morpholine rings is 1. The van der Waals surface area contributed by atoms with E-state index in [9.17, 15) is 38.4 Å². The van der Waals surface area contributed by atoms with Crippen LogP contribution in [0.5, 0.6) is 0 Å². The van der Waals surface area contributed by atoms with Gasteiger partial charge in [0.15, 0.2) is 22.9 Å². The van der Waals surface area contributed by atoms with Crippen LogP contribution in [0.2, 0.25) is 0 Å². The molecule has 0 bridgehead atoms. The fourth-order valence-electron chi connectivity index (χ4n) is 14.7. The molecule has 0 aliphatic carbocycles. The summed E-state index contributed by atoms with van der Waals surface area (Å²) in [6, 6.07) is 47.0. The number of amides is 7. The third-order valence-corrected chi connectivity index (χ3v) is 21.5. The van der Waals surface area contributed by atoms with Crippen LogP contribution in [0, 0.1) is 6.92 Å². The monoisotopic (exact) mass is 1830 g/mol. The van der Waals surface area contributed by atoms with Gasteiger partial charge in [-0.05, 0) is 184 Å². The standard InChI is InChI=1S/C30H34N8O2.C25H23N7O3.C25H27N5O3.C19H18N8O/c1-20-13-14-32-24(19-20)34-30(40)22-11-9-21(10-12-22)26-27-28(31)33-15-18-38(27)29(35-26)23-7-4-5-17-37(23)25(39)8-6-16-36(2)3;1-2-21(33)27-19-5-3-4-17(14-19)22-20-15-26-31-23(20)30-25(29-22)28-18-8-6-16(7-9-18)24(34)32-10-12-35-13-11-32;1-6-21(31)26-18-11-8-12-19(14-18)27-22-24(33)30(5)15-20(28-22)29-23(32)16-9-7-10-17(13-16)25(2,3)4;1-3-17(28)23-15-6-4-5-13(7-15)11-27-18-14(9-22-27)8-20-19(25-18)24-16-10-21-26(2)12-16/h6,8-15,18-19,23H,4-5,7,16-17H2,1-3H3,(H2,31,33)(H,32,34,40);2-9,14-15H,1,10-13H2,(H,27,33)(H2,26,28,29,30,31);6-15H,1H2,2-5H3,(H,26,31)(H,27,28)(H,29,32);3-10,12H,1,11H2,2H3,(H,23,28)(H,20,24,25)/b8-6+;;;/t23-;;;/m0.../s1. The Labute approximate surface area is 782 Å². The lowest BCUT2D eigenvalue weighted by atomic mass is 9.86. The number of imidazole rings is 1. The van der Waals surface area contributed by atoms with E-state index < -0.39 is 0 Å². The van der Waals surface area contributed by atoms with E-state index in [2.05, 4.69) is 133 Å². The summed E-state index contributed by atoms with van der Waals surface area (Å²) in [7, 11) is 7.35. The lowest BCUT2D eigenvalue weighted by molar-refractivity contribution is -0.130. The Bertz CT molecular complexity index is 7040. The van der Waals surface area contributed by atoms with Crippen LogP contribution in [0.15, 0.2) is 268 Å². The molecule has 6 aromatic carbocycles. The molecular weight excluding hydrogens is 1730 g/mol. The molecule has 37 heteroatoms. The normalized spacial score (nSPS) is 12.9. The Balaban J connectivity index is 0.000000146. The molecule has 17 rings (SSSR count). The Hall–Kier alpha value is -17.4. The number of benzene rings is 6. The number of anilines is 12. The van der Waals surface area contributed by atoms with Crippen LogP contribution in [0.1, 0.15) is 99.7 Å². The van der Waals surface area contributed by atoms with Crippen LogP contribution in [0.3, 0.4) is 0 Å². The molecule has 2 fully saturated rings. The Morgan fingerprint density at radius 1 is 0.596 bits per heavy atom. The number of nitrogens with two attached hydrogens (primary N) is 1. The van der Waals surface area contributed by atoms with Gasteiger partial charge in [0.2, 0.25) is 35.5 Å². The third-order valence-electron chi connectivity index (χ3n) is 21.5. The van der Waals surface area contributed by atoms with Gasteiger partial charge in [0.05, 0.1) is 66.5 Å². The summed E-state index contributed by atoms with van der Waals surface area (Å²) in [4.78, 5) is 141. The summed E-state index contributed by atoms with van der Waals surface area (Å²) in [5, 5.41) is 40.2. The van der Waals surface area contributed by atoms with Crippen molar-refractivity contribution in [1.29, 1.82) is 0 Å². The number of carbonyl (C=O) groups is 7. The first kappa shape index (κ1) is 94.8. The minimum absolute atomic E-state index is 0.0132. The van der Waals surface area contributed by atoms with Crippen molar-refractivity contribution >= 4 is 138 Å². The van der Waals surface area contributed by atoms with Crippen molar-refractivity contribution < 1.29 is 38.3 Å². The average molecular weight is 1830 g/mol. The Morgan fingerprint density at radius 3 is 1.98 bits per heavy atom. The van der Waals surface area contributed by atoms with E-state index >= 15 is 0 Å². The van der Waals surface area contributed by atoms with Crippen LogP contribution < -0.4 is 53.8 Å². The van der Waals surface area contributed by atoms with Gasteiger partial charge in [0, 0.05) is 140 Å². The first-order chi connectivity index (χ1) is 65.6. The van der Waals surface area contributed by atoms with Crippen molar-refractivity contribution in [2.45, 2.75) is 65.0 Å². The van der Waals surface area contributed by atoms with Crippen molar-refractivity contribution in [1.82, 2.24) is 93.3 Å². The second-order valence-electron chi connectivity index (χ2n) is 33.0. The highest BCUT2D eigenvalue weighted by molar-refractivity contribution is 6.06. The maximum absolute atomic E-state index is 13.2. The first-order valence-electron chi connectivity index (χ1n) is 43.4. The molecule has 0 saturated carbocycles. The molecule has 37 nitrogen and oxygen atoms in total. The van der Waals surface area contributed by atoms with Crippen molar-refractivity contribution in [3.63, 3.8) is 0 Å². The summed E-state index contributed by atoms with van der Waals surface area (Å²) in [6.07, 6.45) is 25.2. The first-order valence-corrected chi connectivity index (χ1v) is 43.4. The number of hydrogen-bond donors (Lipinski definition) is 10. The highest BCUT2D eigenvalue weighted by Crippen LogP contribution is 2.38. The molecule has 2 aliphatic rings. The summed E-state index contributed by atoms with van der Waals surface area (Å²) < 4.78 is 12.1. The van der Waals surface area contributed by atoms with E-state index in [0.29, 0.717) is 137 Å². The number of aryl methyl sites for hydroxylation is 3. The Kier molecular flexibility index (Phi) is 30.4. The average Bonchev–Trinajstić information content (AvgIpc) is 1.60. The summed E-state index contributed by atoms with van der Waals surface area (Å²) in [5.74, 6) is 1.19. The minimum Gasteiger partial charge on any atom is -0.382 e. The number of aromatic amines is 1. The van der Waals surface area contributed by atoms with Gasteiger partial charge in [-0.25, -0.2) is 34.6 Å². The van der Waals surface area contributed by atoms with Crippen molar-refractivity contribution in [3.05, 3.63) is 313 Å². The van der Waals surface area contributed by atoms with Crippen LogP contribution in [-0.2, 0) is 50.0 Å². The van der Waals surface area contributed by atoms with E-state index in [-0.39, 0.29) is 70.0 Å². The molecule has 692 valence electrons. The van der Waals surface area contributed by atoms with Crippen molar-refractivity contribution in [3.8, 4) is 22.5 Å². The molecule has 7 amide bonds. The van der Waals surface area contributed by atoms with Crippen molar-refractivity contribution in [2.75, 3.05) is 102 Å². The largest absolute Gasteiger partial charge is 0.382 e. The highest BCUT2D eigenvalue weighted by atomic mass is 16.5. The predicted molar refractivity (Wildman–Crippen MR) is 525 cm³/mol. The summed E-state index contributed by atoms with van der Waals surface area (Å²) in [6.45, 7) is 22.7. The smallest absolute Gasteiger partial charge is 0.293 e. The number of nitrogens with zero attached hydrogens (tertiary/aromatic N) is 18. The van der Waals surface area contributed by atoms with Crippen LogP contribution in [0.25, 0.3) is 50.1 Å². The van der Waals surface area contributed by atoms with Crippen molar-refractivity contribution in [2.24, 2.45) is 14.1 Å². The molecule has 2 aliphatic heterocycles. The lowest BCUT2D eigenvalue weighted by Gasteiger charge is -2.34. The van der Waals surface area contributed by atoms with E-state index in [1.807, 2.05) is 158 Å². The van der Waals surface area contributed by atoms with Gasteiger partial charge in [-0.1, -0.05) is 101 Å². The predicted octanol–water partition coefficient (Wildman–Crippen LogP) is 14.1. The molecule has 1 atom stereocenters. The van der Waals surface area contributed by atoms with Crippen LogP contribution in [-0.4, -0.2) is 188 Å². The van der Waals surface area contributed by atoms with Gasteiger partial charge in [-0.2, -0.15) is 25.3 Å². The van der Waals surface area contributed by atoms with Gasteiger partial charge in [0.25, 0.3) is 23.3 Å². The number of pyridine rings is 1. The van der Waals surface area contributed by atoms with E-state index in [1.54, 1.807) is 125 Å². The number of nitrogen functional groups attached to an aromatic ring is 1. The van der Waals surface area contributed by atoms with E-state index in [4.69, 9.17) is 20.4 Å². The molecule has 0 radical (unpaired) electrons. The zero-order valence-electron chi connectivity index (χ0n) is 76.2. The zero-order chi connectivity index (χ0) is 96.1. The zero-order valence-corrected chi connectivity index (χ0v) is 76.2. The van der Waals surface area contributed by atoms with Crippen LogP contribution >= 0.6 is 0 Å². The maximum Gasteiger partial charge on any atom is 0.293 e. The number of fused-ring (bicyclic) bond motifs is 3. The molecule has 11 heterocycles. The fraction of sp³-hybridized carbons (Fsp3) is 0.202. The number of nitrogens with one attached hydrogen (secondary N) is 9. The number of carbonyl (C=O) groups excluding carboxylic acids is 7. The Morgan fingerprint density at radius 2 is 1.27 bits per heavy atom. The molecule has 136 heavy (non-hydrogen) atoms. The second kappa shape index (κ2) is 43.6. The number of aromatic nitrogens is 16. The van der Waals surface area contributed by atoms with Gasteiger partial charge < -0.3 is 72.3 Å². The molecule has 9 aromatic heterocycles. The molecule has 2 saturated heterocycles. The number of likely N-dealkylation sites (tertiary alicyclic amines) is 1. The number of piperidine rings is 1. The molecule has 0 unspecified atom stereocenters. The highest BCUT2D eigenvalue weighted by Gasteiger charge is 2.33. The fourth-order valence-corrected chi connectivity index (χ4v) is 14.7.